The summed E-state index contributed by atoms with van der Waals surface area (Å²) in [5, 5.41) is 0. The van der Waals surface area contributed by atoms with Crippen LogP contribution < -0.4 is 0 Å². The van der Waals surface area contributed by atoms with Crippen LogP contribution in [0.5, 0.6) is 0 Å². The third kappa shape index (κ3) is 2.03. The zero-order chi connectivity index (χ0) is 10.2. The van der Waals surface area contributed by atoms with Crippen molar-refractivity contribution in [3.8, 4) is 0 Å². The molecule has 1 fully saturated rings. The Morgan fingerprint density at radius 1 is 1.43 bits per heavy atom. The average Bonchev–Trinajstić information content (AvgIpc) is 1.99. The maximum Gasteiger partial charge on any atom is 0.0728 e. The van der Waals surface area contributed by atoms with Gasteiger partial charge in [0.2, 0.25) is 0 Å². The minimum absolute atomic E-state index is 0.204. The van der Waals surface area contributed by atoms with Crippen LogP contribution in [0.2, 0.25) is 0 Å². The van der Waals surface area contributed by atoms with E-state index in [1.54, 1.807) is 0 Å². The molecule has 1 aliphatic carbocycles. The number of rotatable bonds is 0. The molecule has 1 heteroatoms. The van der Waals surface area contributed by atoms with Crippen LogP contribution in [0.4, 0.5) is 0 Å². The number of ether oxygens (including phenoxy) is 1. The summed E-state index contributed by atoms with van der Waals surface area (Å²) in [7, 11) is 0. The molecule has 0 amide bonds. The molecule has 2 aliphatic rings. The van der Waals surface area contributed by atoms with Crippen LogP contribution in [0.15, 0.2) is 11.6 Å². The fourth-order valence-corrected chi connectivity index (χ4v) is 3.33. The summed E-state index contributed by atoms with van der Waals surface area (Å²) >= 11 is 0. The van der Waals surface area contributed by atoms with Gasteiger partial charge in [0, 0.05) is 0 Å². The van der Waals surface area contributed by atoms with Gasteiger partial charge in [0.05, 0.1) is 11.7 Å². The molecule has 0 N–H and O–H groups in total. The molecule has 2 rings (SSSR count). The highest BCUT2D eigenvalue weighted by molar-refractivity contribution is 5.10. The maximum absolute atomic E-state index is 6.21. The minimum atomic E-state index is 0.204. The fraction of sp³-hybridized carbons (Fsp3) is 0.846. The van der Waals surface area contributed by atoms with E-state index in [9.17, 15) is 0 Å². The van der Waals surface area contributed by atoms with Crippen LogP contribution in [0.25, 0.3) is 0 Å². The van der Waals surface area contributed by atoms with E-state index in [1.165, 1.54) is 37.7 Å². The predicted molar refractivity (Wildman–Crippen MR) is 59.3 cm³/mol. The second-order valence-electron chi connectivity index (χ2n) is 5.42. The van der Waals surface area contributed by atoms with Gasteiger partial charge < -0.3 is 4.74 Å². The van der Waals surface area contributed by atoms with Gasteiger partial charge >= 0.3 is 0 Å². The number of hydrogen-bond donors (Lipinski definition) is 0. The standard InChI is InChI=1S/C13H22O/c1-10-5-4-6-13(8-10)9-11(2)7-12(3)14-13/h5,11-12H,4,6-9H2,1-3H3/t11-,12-,13-/m1/s1. The van der Waals surface area contributed by atoms with Gasteiger partial charge in [-0.15, -0.1) is 0 Å². The van der Waals surface area contributed by atoms with Crippen LogP contribution >= 0.6 is 0 Å². The van der Waals surface area contributed by atoms with E-state index in [0.29, 0.717) is 6.10 Å². The first-order chi connectivity index (χ1) is 6.60. The van der Waals surface area contributed by atoms with Crippen molar-refractivity contribution < 1.29 is 4.74 Å². The Labute approximate surface area is 87.5 Å². The maximum atomic E-state index is 6.21. The van der Waals surface area contributed by atoms with Crippen LogP contribution in [0.3, 0.4) is 0 Å². The van der Waals surface area contributed by atoms with Gasteiger partial charge in [0.1, 0.15) is 0 Å². The largest absolute Gasteiger partial charge is 0.372 e. The highest BCUT2D eigenvalue weighted by Gasteiger charge is 2.39. The Morgan fingerprint density at radius 3 is 2.86 bits per heavy atom. The summed E-state index contributed by atoms with van der Waals surface area (Å²) in [6, 6.07) is 0. The van der Waals surface area contributed by atoms with Crippen molar-refractivity contribution in [2.45, 2.75) is 64.6 Å². The first-order valence-electron chi connectivity index (χ1n) is 5.93. The molecular formula is C13H22O. The Bertz CT molecular complexity index is 232. The van der Waals surface area contributed by atoms with Crippen molar-refractivity contribution in [1.82, 2.24) is 0 Å². The lowest BCUT2D eigenvalue weighted by Gasteiger charge is -2.45. The van der Waals surface area contributed by atoms with Gasteiger partial charge in [-0.3, -0.25) is 0 Å². The molecule has 0 unspecified atom stereocenters. The van der Waals surface area contributed by atoms with E-state index < -0.39 is 0 Å². The normalized spacial score (nSPS) is 43.8. The van der Waals surface area contributed by atoms with Crippen molar-refractivity contribution in [2.24, 2.45) is 5.92 Å². The fourth-order valence-electron chi connectivity index (χ4n) is 3.33. The average molecular weight is 194 g/mol. The molecule has 1 saturated heterocycles. The van der Waals surface area contributed by atoms with Crippen molar-refractivity contribution in [2.75, 3.05) is 0 Å². The molecule has 14 heavy (non-hydrogen) atoms. The molecule has 80 valence electrons. The molecule has 1 spiro atoms. The molecule has 1 heterocycles. The van der Waals surface area contributed by atoms with Gasteiger partial charge in [-0.1, -0.05) is 18.6 Å². The Balaban J connectivity index is 2.11. The number of allylic oxidation sites excluding steroid dienone is 1. The van der Waals surface area contributed by atoms with Crippen LogP contribution in [0, 0.1) is 5.92 Å². The topological polar surface area (TPSA) is 9.23 Å². The summed E-state index contributed by atoms with van der Waals surface area (Å²) in [6.07, 6.45) is 8.96. The quantitative estimate of drug-likeness (QED) is 0.534. The van der Waals surface area contributed by atoms with Gasteiger partial charge in [0.15, 0.2) is 0 Å². The molecule has 1 nitrogen and oxygen atoms in total. The van der Waals surface area contributed by atoms with E-state index in [1.807, 2.05) is 0 Å². The van der Waals surface area contributed by atoms with Crippen molar-refractivity contribution in [3.05, 3.63) is 11.6 Å². The second-order valence-corrected chi connectivity index (χ2v) is 5.42. The Hall–Kier alpha value is -0.300. The summed E-state index contributed by atoms with van der Waals surface area (Å²) in [4.78, 5) is 0. The van der Waals surface area contributed by atoms with Gasteiger partial charge in [0.25, 0.3) is 0 Å². The second kappa shape index (κ2) is 3.69. The van der Waals surface area contributed by atoms with Gasteiger partial charge in [-0.2, -0.15) is 0 Å². The summed E-state index contributed by atoms with van der Waals surface area (Å²) in [5.74, 6) is 0.838. The van der Waals surface area contributed by atoms with Crippen molar-refractivity contribution in [1.29, 1.82) is 0 Å². The summed E-state index contributed by atoms with van der Waals surface area (Å²) in [6.45, 7) is 6.84. The third-order valence-electron chi connectivity index (χ3n) is 3.60. The molecule has 0 radical (unpaired) electrons. The highest BCUT2D eigenvalue weighted by Crippen LogP contribution is 2.42. The van der Waals surface area contributed by atoms with Crippen molar-refractivity contribution in [3.63, 3.8) is 0 Å². The lowest BCUT2D eigenvalue weighted by Crippen LogP contribution is -2.43. The van der Waals surface area contributed by atoms with Crippen LogP contribution in [-0.4, -0.2) is 11.7 Å². The molecule has 0 aromatic heterocycles. The zero-order valence-electron chi connectivity index (χ0n) is 9.68. The lowest BCUT2D eigenvalue weighted by atomic mass is 9.76. The summed E-state index contributed by atoms with van der Waals surface area (Å²) in [5.41, 5.74) is 1.73. The van der Waals surface area contributed by atoms with E-state index in [0.717, 1.165) is 5.92 Å². The predicted octanol–water partition coefficient (Wildman–Crippen LogP) is 3.69. The van der Waals surface area contributed by atoms with E-state index in [2.05, 4.69) is 26.8 Å². The number of hydrogen-bond acceptors (Lipinski definition) is 1. The first kappa shape index (κ1) is 10.2. The molecule has 0 bridgehead atoms. The summed E-state index contributed by atoms with van der Waals surface area (Å²) < 4.78 is 6.21. The molecular weight excluding hydrogens is 172 g/mol. The molecule has 0 aromatic carbocycles. The minimum Gasteiger partial charge on any atom is -0.372 e. The molecule has 0 aromatic rings. The first-order valence-corrected chi connectivity index (χ1v) is 5.93. The van der Waals surface area contributed by atoms with E-state index in [4.69, 9.17) is 4.74 Å². The van der Waals surface area contributed by atoms with Crippen LogP contribution in [-0.2, 0) is 4.74 Å². The third-order valence-corrected chi connectivity index (χ3v) is 3.60. The van der Waals surface area contributed by atoms with Gasteiger partial charge in [-0.25, -0.2) is 0 Å². The monoisotopic (exact) mass is 194 g/mol. The Morgan fingerprint density at radius 2 is 2.21 bits per heavy atom. The highest BCUT2D eigenvalue weighted by atomic mass is 16.5. The lowest BCUT2D eigenvalue weighted by molar-refractivity contribution is -0.141. The van der Waals surface area contributed by atoms with Gasteiger partial charge in [-0.05, 0) is 51.9 Å². The molecule has 1 aliphatic heterocycles. The Kier molecular flexibility index (Phi) is 2.70. The zero-order valence-corrected chi connectivity index (χ0v) is 9.68. The van der Waals surface area contributed by atoms with Crippen molar-refractivity contribution >= 4 is 0 Å². The van der Waals surface area contributed by atoms with E-state index in [-0.39, 0.29) is 5.60 Å². The SMILES string of the molecule is CC1=CCC[C@@]2(C1)C[C@H](C)C[C@@H](C)O2. The molecule has 3 atom stereocenters. The van der Waals surface area contributed by atoms with Crippen LogP contribution in [0.1, 0.15) is 52.9 Å². The molecule has 0 saturated carbocycles. The van der Waals surface area contributed by atoms with E-state index >= 15 is 0 Å². The smallest absolute Gasteiger partial charge is 0.0728 e.